The molecule has 0 N–H and O–H groups in total. The Morgan fingerprint density at radius 1 is 1.25 bits per heavy atom. The highest BCUT2D eigenvalue weighted by atomic mass is 16.5. The first-order valence-electron chi connectivity index (χ1n) is 4.29. The van der Waals surface area contributed by atoms with Gasteiger partial charge in [0.15, 0.2) is 6.71 Å². The summed E-state index contributed by atoms with van der Waals surface area (Å²) in [6, 6.07) is 6.23. The zero-order valence-electron chi connectivity index (χ0n) is 8.22. The predicted octanol–water partition coefficient (Wildman–Crippen LogP) is 1.97. The third-order valence-electron chi connectivity index (χ3n) is 2.10. The Morgan fingerprint density at radius 3 is 2.33 bits per heavy atom. The fourth-order valence-corrected chi connectivity index (χ4v) is 1.42. The van der Waals surface area contributed by atoms with Gasteiger partial charge >= 0.3 is 0 Å². The summed E-state index contributed by atoms with van der Waals surface area (Å²) in [5.41, 5.74) is 2.71. The normalized spacial score (nSPS) is 9.67. The minimum absolute atomic E-state index is 0.593. The van der Waals surface area contributed by atoms with Gasteiger partial charge in [-0.25, -0.2) is 0 Å². The second-order valence-electron chi connectivity index (χ2n) is 3.38. The molecule has 0 aliphatic carbocycles. The van der Waals surface area contributed by atoms with Crippen LogP contribution in [0, 0.1) is 6.92 Å². The third-order valence-corrected chi connectivity index (χ3v) is 2.10. The van der Waals surface area contributed by atoms with Gasteiger partial charge in [-0.1, -0.05) is 30.7 Å². The van der Waals surface area contributed by atoms with Crippen LogP contribution in [0.3, 0.4) is 0 Å². The van der Waals surface area contributed by atoms with Crippen LogP contribution in [0.5, 0.6) is 5.75 Å². The van der Waals surface area contributed by atoms with Crippen molar-refractivity contribution in [1.29, 1.82) is 0 Å². The van der Waals surface area contributed by atoms with Crippen LogP contribution in [0.15, 0.2) is 18.2 Å². The van der Waals surface area contributed by atoms with Crippen molar-refractivity contribution in [2.75, 3.05) is 7.11 Å². The van der Waals surface area contributed by atoms with Crippen molar-refractivity contribution in [3.8, 4) is 5.75 Å². The van der Waals surface area contributed by atoms with Gasteiger partial charge < -0.3 is 4.74 Å². The highest BCUT2D eigenvalue weighted by Crippen LogP contribution is 2.10. The Morgan fingerprint density at radius 2 is 1.92 bits per heavy atom. The second-order valence-corrected chi connectivity index (χ2v) is 3.38. The van der Waals surface area contributed by atoms with Crippen LogP contribution in [0.2, 0.25) is 13.6 Å². The number of ether oxygens (including phenoxy) is 1. The lowest BCUT2D eigenvalue weighted by molar-refractivity contribution is 0.414. The average molecular weight is 162 g/mol. The highest BCUT2D eigenvalue weighted by Gasteiger charge is 2.06. The molecule has 0 spiro atoms. The van der Waals surface area contributed by atoms with Crippen molar-refractivity contribution in [3.63, 3.8) is 0 Å². The molecule has 0 fully saturated rings. The molecule has 0 radical (unpaired) electrons. The fraction of sp³-hybridized carbons (Fsp3) is 0.400. The van der Waals surface area contributed by atoms with Crippen LogP contribution < -0.4 is 10.2 Å². The minimum Gasteiger partial charge on any atom is -0.497 e. The third kappa shape index (κ3) is 1.82. The molecule has 1 aromatic carbocycles. The number of methoxy groups -OCH3 is 1. The van der Waals surface area contributed by atoms with Crippen molar-refractivity contribution in [2.45, 2.75) is 20.6 Å². The van der Waals surface area contributed by atoms with E-state index in [1.807, 2.05) is 6.07 Å². The summed E-state index contributed by atoms with van der Waals surface area (Å²) in [6.45, 7) is 7.12. The molecule has 0 saturated heterocycles. The van der Waals surface area contributed by atoms with E-state index in [2.05, 4.69) is 32.7 Å². The number of hydrogen-bond donors (Lipinski definition) is 0. The highest BCUT2D eigenvalue weighted by molar-refractivity contribution is 6.71. The van der Waals surface area contributed by atoms with Gasteiger partial charge in [-0.05, 0) is 19.1 Å². The van der Waals surface area contributed by atoms with E-state index in [1.54, 1.807) is 7.11 Å². The summed E-state index contributed by atoms with van der Waals surface area (Å²) in [5, 5.41) is 0. The first-order chi connectivity index (χ1) is 5.65. The molecule has 64 valence electrons. The molecular weight excluding hydrogens is 147 g/mol. The van der Waals surface area contributed by atoms with Crippen molar-refractivity contribution in [1.82, 2.24) is 0 Å². The van der Waals surface area contributed by atoms with Gasteiger partial charge in [0.1, 0.15) is 5.75 Å². The molecule has 0 aliphatic heterocycles. The topological polar surface area (TPSA) is 9.23 Å². The first kappa shape index (κ1) is 9.18. The maximum Gasteiger partial charge on any atom is 0.169 e. The van der Waals surface area contributed by atoms with Gasteiger partial charge in [-0.15, -0.1) is 0 Å². The molecule has 1 nitrogen and oxygen atoms in total. The Labute approximate surface area is 74.8 Å². The van der Waals surface area contributed by atoms with Gasteiger partial charge in [-0.3, -0.25) is 0 Å². The van der Waals surface area contributed by atoms with E-state index in [1.165, 1.54) is 11.0 Å². The predicted molar refractivity (Wildman–Crippen MR) is 54.8 cm³/mol. The molecule has 0 heterocycles. The molecule has 0 aliphatic rings. The maximum absolute atomic E-state index is 5.13. The van der Waals surface area contributed by atoms with Crippen LogP contribution in [-0.2, 0) is 0 Å². The van der Waals surface area contributed by atoms with Crippen LogP contribution in [0.25, 0.3) is 0 Å². The maximum atomic E-state index is 5.13. The standard InChI is InChI=1S/C10H15BO/c1-8-7-9(12-4)5-6-10(8)11(2)3/h5-7H,1-4H3. The van der Waals surface area contributed by atoms with Crippen LogP contribution in [-0.4, -0.2) is 13.8 Å². The summed E-state index contributed by atoms with van der Waals surface area (Å²) in [7, 11) is 1.70. The Hall–Kier alpha value is -0.915. The molecule has 0 saturated carbocycles. The van der Waals surface area contributed by atoms with Gasteiger partial charge in [0.05, 0.1) is 7.11 Å². The molecule has 0 atom stereocenters. The van der Waals surface area contributed by atoms with E-state index < -0.39 is 0 Å². The monoisotopic (exact) mass is 162 g/mol. The van der Waals surface area contributed by atoms with E-state index in [0.717, 1.165) is 5.75 Å². The van der Waals surface area contributed by atoms with Crippen molar-refractivity contribution >= 4 is 12.2 Å². The van der Waals surface area contributed by atoms with Crippen molar-refractivity contribution in [3.05, 3.63) is 23.8 Å². The minimum atomic E-state index is 0.593. The van der Waals surface area contributed by atoms with Crippen molar-refractivity contribution in [2.24, 2.45) is 0 Å². The van der Waals surface area contributed by atoms with Gasteiger partial charge in [0, 0.05) is 0 Å². The molecule has 1 rings (SSSR count). The summed E-state index contributed by atoms with van der Waals surface area (Å²) in [6.07, 6.45) is 0. The first-order valence-corrected chi connectivity index (χ1v) is 4.29. The summed E-state index contributed by atoms with van der Waals surface area (Å²) < 4.78 is 5.13. The quantitative estimate of drug-likeness (QED) is 0.604. The lowest BCUT2D eigenvalue weighted by Gasteiger charge is -2.08. The molecule has 0 amide bonds. The summed E-state index contributed by atoms with van der Waals surface area (Å²) in [4.78, 5) is 0. The average Bonchev–Trinajstić information content (AvgIpc) is 2.03. The van der Waals surface area contributed by atoms with E-state index in [0.29, 0.717) is 6.71 Å². The SMILES string of the molecule is COc1ccc(B(C)C)c(C)c1. The molecule has 2 heteroatoms. The number of aryl methyl sites for hydroxylation is 1. The Balaban J connectivity index is 3.03. The van der Waals surface area contributed by atoms with Gasteiger partial charge in [0.2, 0.25) is 0 Å². The van der Waals surface area contributed by atoms with Crippen LogP contribution in [0.4, 0.5) is 0 Å². The molecule has 1 aromatic rings. The number of benzene rings is 1. The zero-order chi connectivity index (χ0) is 9.14. The van der Waals surface area contributed by atoms with E-state index in [-0.39, 0.29) is 0 Å². The molecule has 0 aromatic heterocycles. The lowest BCUT2D eigenvalue weighted by Crippen LogP contribution is -2.25. The van der Waals surface area contributed by atoms with E-state index >= 15 is 0 Å². The lowest BCUT2D eigenvalue weighted by atomic mass is 9.48. The van der Waals surface area contributed by atoms with E-state index in [9.17, 15) is 0 Å². The summed E-state index contributed by atoms with van der Waals surface area (Å²) in [5.74, 6) is 0.942. The summed E-state index contributed by atoms with van der Waals surface area (Å²) >= 11 is 0. The molecular formula is C10H15BO. The molecule has 0 bridgehead atoms. The van der Waals surface area contributed by atoms with E-state index in [4.69, 9.17) is 4.74 Å². The second kappa shape index (κ2) is 3.66. The van der Waals surface area contributed by atoms with Crippen molar-refractivity contribution < 1.29 is 4.74 Å². The van der Waals surface area contributed by atoms with Crippen LogP contribution >= 0.6 is 0 Å². The van der Waals surface area contributed by atoms with Crippen LogP contribution in [0.1, 0.15) is 5.56 Å². The Bertz CT molecular complexity index is 269. The van der Waals surface area contributed by atoms with Gasteiger partial charge in [-0.2, -0.15) is 0 Å². The zero-order valence-corrected chi connectivity index (χ0v) is 8.22. The smallest absolute Gasteiger partial charge is 0.169 e. The fourth-order valence-electron chi connectivity index (χ4n) is 1.42. The number of rotatable bonds is 2. The van der Waals surface area contributed by atoms with Gasteiger partial charge in [0.25, 0.3) is 0 Å². The molecule has 12 heavy (non-hydrogen) atoms. The Kier molecular flexibility index (Phi) is 2.80. The largest absolute Gasteiger partial charge is 0.497 e. The number of hydrogen-bond acceptors (Lipinski definition) is 1. The molecule has 0 unspecified atom stereocenters.